The minimum Gasteiger partial charge on any atom is -0.491 e. The van der Waals surface area contributed by atoms with Crippen molar-refractivity contribution in [2.75, 3.05) is 19.8 Å². The Kier molecular flexibility index (Phi) is 9.09. The number of rotatable bonds is 11. The maximum Gasteiger partial charge on any atom is 0.119 e. The van der Waals surface area contributed by atoms with Crippen molar-refractivity contribution in [3.8, 4) is 5.75 Å². The molecular formula is C17H29NO2. The Hall–Kier alpha value is -1.06. The van der Waals surface area contributed by atoms with Crippen LogP contribution in [0.2, 0.25) is 0 Å². The Morgan fingerprint density at radius 1 is 1.05 bits per heavy atom. The molecule has 0 radical (unpaired) electrons. The van der Waals surface area contributed by atoms with Crippen LogP contribution in [-0.4, -0.2) is 25.9 Å². The molecule has 0 aliphatic rings. The summed E-state index contributed by atoms with van der Waals surface area (Å²) in [4.78, 5) is 0. The van der Waals surface area contributed by atoms with Gasteiger partial charge in [-0.25, -0.2) is 0 Å². The van der Waals surface area contributed by atoms with Crippen LogP contribution in [0.25, 0.3) is 0 Å². The highest BCUT2D eigenvalue weighted by Crippen LogP contribution is 2.13. The molecule has 3 nitrogen and oxygen atoms in total. The van der Waals surface area contributed by atoms with Gasteiger partial charge in [0.1, 0.15) is 5.75 Å². The standard InChI is InChI=1S/C17H29NO2/c1-4-5-12-19-13-6-11-18-14-16-7-9-17(10-8-16)20-15(2)3/h7-10,15,18H,4-6,11-14H2,1-3H3. The fourth-order valence-electron chi connectivity index (χ4n) is 1.84. The van der Waals surface area contributed by atoms with Crippen molar-refractivity contribution < 1.29 is 9.47 Å². The highest BCUT2D eigenvalue weighted by atomic mass is 16.5. The predicted molar refractivity (Wildman–Crippen MR) is 84.3 cm³/mol. The van der Waals surface area contributed by atoms with Gasteiger partial charge in [-0.05, 0) is 50.9 Å². The molecule has 0 aliphatic heterocycles. The quantitative estimate of drug-likeness (QED) is 0.625. The summed E-state index contributed by atoms with van der Waals surface area (Å²) >= 11 is 0. The van der Waals surface area contributed by atoms with Gasteiger partial charge >= 0.3 is 0 Å². The smallest absolute Gasteiger partial charge is 0.119 e. The van der Waals surface area contributed by atoms with E-state index in [-0.39, 0.29) is 6.10 Å². The summed E-state index contributed by atoms with van der Waals surface area (Å²) in [6.45, 7) is 9.91. The largest absolute Gasteiger partial charge is 0.491 e. The highest BCUT2D eigenvalue weighted by molar-refractivity contribution is 5.27. The first-order valence-electron chi connectivity index (χ1n) is 7.76. The Labute approximate surface area is 123 Å². The molecule has 0 bridgehead atoms. The van der Waals surface area contributed by atoms with E-state index >= 15 is 0 Å². The summed E-state index contributed by atoms with van der Waals surface area (Å²) in [5.41, 5.74) is 1.29. The zero-order chi connectivity index (χ0) is 14.6. The molecular weight excluding hydrogens is 250 g/mol. The number of ether oxygens (including phenoxy) is 2. The van der Waals surface area contributed by atoms with Gasteiger partial charge in [-0.2, -0.15) is 0 Å². The Morgan fingerprint density at radius 3 is 2.40 bits per heavy atom. The van der Waals surface area contributed by atoms with Gasteiger partial charge in [-0.3, -0.25) is 0 Å². The highest BCUT2D eigenvalue weighted by Gasteiger charge is 1.98. The van der Waals surface area contributed by atoms with Crippen LogP contribution in [0.5, 0.6) is 5.75 Å². The molecule has 1 N–H and O–H groups in total. The van der Waals surface area contributed by atoms with Crippen LogP contribution in [0.3, 0.4) is 0 Å². The van der Waals surface area contributed by atoms with Crippen LogP contribution in [0.1, 0.15) is 45.6 Å². The van der Waals surface area contributed by atoms with E-state index in [4.69, 9.17) is 9.47 Å². The van der Waals surface area contributed by atoms with Gasteiger partial charge in [0.15, 0.2) is 0 Å². The molecule has 0 heterocycles. The molecule has 0 spiro atoms. The molecule has 0 aliphatic carbocycles. The van der Waals surface area contributed by atoms with Gasteiger partial charge in [0, 0.05) is 19.8 Å². The van der Waals surface area contributed by atoms with Crippen LogP contribution in [0, 0.1) is 0 Å². The zero-order valence-electron chi connectivity index (χ0n) is 13.2. The molecule has 114 valence electrons. The average molecular weight is 279 g/mol. The monoisotopic (exact) mass is 279 g/mol. The van der Waals surface area contributed by atoms with Crippen LogP contribution in [-0.2, 0) is 11.3 Å². The lowest BCUT2D eigenvalue weighted by Crippen LogP contribution is -2.16. The maximum absolute atomic E-state index is 5.62. The van der Waals surface area contributed by atoms with Gasteiger partial charge in [-0.15, -0.1) is 0 Å². The SMILES string of the molecule is CCCCOCCCNCc1ccc(OC(C)C)cc1. The fourth-order valence-corrected chi connectivity index (χ4v) is 1.84. The lowest BCUT2D eigenvalue weighted by atomic mass is 10.2. The van der Waals surface area contributed by atoms with E-state index in [9.17, 15) is 0 Å². The summed E-state index contributed by atoms with van der Waals surface area (Å²) in [7, 11) is 0. The topological polar surface area (TPSA) is 30.5 Å². The normalized spacial score (nSPS) is 11.0. The van der Waals surface area contributed by atoms with Crippen molar-refractivity contribution in [1.29, 1.82) is 0 Å². The first kappa shape index (κ1) is 17.0. The molecule has 0 fully saturated rings. The molecule has 1 aromatic rings. The third-order valence-corrected chi connectivity index (χ3v) is 2.91. The van der Waals surface area contributed by atoms with E-state index in [2.05, 4.69) is 24.4 Å². The zero-order valence-corrected chi connectivity index (χ0v) is 13.2. The molecule has 0 aromatic heterocycles. The molecule has 0 amide bonds. The summed E-state index contributed by atoms with van der Waals surface area (Å²) in [6, 6.07) is 8.29. The molecule has 3 heteroatoms. The lowest BCUT2D eigenvalue weighted by molar-refractivity contribution is 0.129. The molecule has 0 saturated heterocycles. The van der Waals surface area contributed by atoms with Crippen molar-refractivity contribution in [3.05, 3.63) is 29.8 Å². The number of unbranched alkanes of at least 4 members (excludes halogenated alkanes) is 1. The van der Waals surface area contributed by atoms with Gasteiger partial charge in [0.05, 0.1) is 6.10 Å². The summed E-state index contributed by atoms with van der Waals surface area (Å²) in [6.07, 6.45) is 3.66. The molecule has 0 atom stereocenters. The Bertz CT molecular complexity index is 335. The maximum atomic E-state index is 5.62. The summed E-state index contributed by atoms with van der Waals surface area (Å²) in [5.74, 6) is 0.938. The first-order chi connectivity index (χ1) is 9.72. The molecule has 0 saturated carbocycles. The van der Waals surface area contributed by atoms with Gasteiger partial charge < -0.3 is 14.8 Å². The lowest BCUT2D eigenvalue weighted by Gasteiger charge is -2.10. The minimum absolute atomic E-state index is 0.228. The van der Waals surface area contributed by atoms with E-state index in [0.29, 0.717) is 0 Å². The third-order valence-electron chi connectivity index (χ3n) is 2.91. The predicted octanol–water partition coefficient (Wildman–Crippen LogP) is 3.77. The van der Waals surface area contributed by atoms with E-state index in [0.717, 1.165) is 44.9 Å². The average Bonchev–Trinajstić information content (AvgIpc) is 2.43. The second-order valence-electron chi connectivity index (χ2n) is 5.31. The molecule has 1 rings (SSSR count). The van der Waals surface area contributed by atoms with Crippen LogP contribution >= 0.6 is 0 Å². The van der Waals surface area contributed by atoms with Crippen molar-refractivity contribution in [1.82, 2.24) is 5.32 Å². The van der Waals surface area contributed by atoms with Gasteiger partial charge in [-0.1, -0.05) is 25.5 Å². The van der Waals surface area contributed by atoms with Crippen molar-refractivity contribution in [3.63, 3.8) is 0 Å². The number of nitrogens with one attached hydrogen (secondary N) is 1. The minimum atomic E-state index is 0.228. The van der Waals surface area contributed by atoms with Crippen LogP contribution in [0.4, 0.5) is 0 Å². The Balaban J connectivity index is 2.07. The molecule has 0 unspecified atom stereocenters. The fraction of sp³-hybridized carbons (Fsp3) is 0.647. The van der Waals surface area contributed by atoms with Gasteiger partial charge in [0.25, 0.3) is 0 Å². The van der Waals surface area contributed by atoms with Gasteiger partial charge in [0.2, 0.25) is 0 Å². The van der Waals surface area contributed by atoms with Crippen LogP contribution in [0.15, 0.2) is 24.3 Å². The van der Waals surface area contributed by atoms with Crippen molar-refractivity contribution >= 4 is 0 Å². The third kappa shape index (κ3) is 8.18. The second-order valence-corrected chi connectivity index (χ2v) is 5.31. The molecule has 20 heavy (non-hydrogen) atoms. The summed E-state index contributed by atoms with van der Waals surface area (Å²) < 4.78 is 11.1. The van der Waals surface area contributed by atoms with E-state index in [1.807, 2.05) is 26.0 Å². The van der Waals surface area contributed by atoms with E-state index < -0.39 is 0 Å². The molecule has 1 aromatic carbocycles. The van der Waals surface area contributed by atoms with Crippen LogP contribution < -0.4 is 10.1 Å². The number of benzene rings is 1. The number of hydrogen-bond acceptors (Lipinski definition) is 3. The van der Waals surface area contributed by atoms with E-state index in [1.54, 1.807) is 0 Å². The second kappa shape index (κ2) is 10.7. The Morgan fingerprint density at radius 2 is 1.75 bits per heavy atom. The summed E-state index contributed by atoms with van der Waals surface area (Å²) in [5, 5.41) is 3.43. The number of hydrogen-bond donors (Lipinski definition) is 1. The first-order valence-corrected chi connectivity index (χ1v) is 7.76. The van der Waals surface area contributed by atoms with E-state index in [1.165, 1.54) is 12.0 Å². The van der Waals surface area contributed by atoms with Crippen molar-refractivity contribution in [2.45, 2.75) is 52.7 Å². The van der Waals surface area contributed by atoms with Crippen molar-refractivity contribution in [2.24, 2.45) is 0 Å².